The fourth-order valence-corrected chi connectivity index (χ4v) is 4.09. The van der Waals surface area contributed by atoms with Crippen molar-refractivity contribution in [3.8, 4) is 5.75 Å². The number of aryl methyl sites for hydroxylation is 2. The van der Waals surface area contributed by atoms with Gasteiger partial charge in [0.05, 0.1) is 7.11 Å². The molecule has 0 spiro atoms. The average Bonchev–Trinajstić information content (AvgIpc) is 3.35. The Labute approximate surface area is 184 Å². The van der Waals surface area contributed by atoms with Crippen molar-refractivity contribution in [1.82, 2.24) is 0 Å². The Balaban J connectivity index is 0.00000225. The quantitative estimate of drug-likeness (QED) is 0.376. The number of methoxy groups -OCH3 is 1. The third-order valence-corrected chi connectivity index (χ3v) is 5.60. The first-order valence-corrected chi connectivity index (χ1v) is 9.79. The summed E-state index contributed by atoms with van der Waals surface area (Å²) in [5.74, 6) is 1.93. The summed E-state index contributed by atoms with van der Waals surface area (Å²) in [6.07, 6.45) is 4.76. The summed E-state index contributed by atoms with van der Waals surface area (Å²) in [7, 11) is 1.71. The summed E-state index contributed by atoms with van der Waals surface area (Å²) < 4.78 is 5.33. The van der Waals surface area contributed by atoms with E-state index in [0.29, 0.717) is 11.9 Å². The minimum Gasteiger partial charge on any atom is -0.497 e. The number of nitrogens with zero attached hydrogens (tertiary/aromatic N) is 2. The minimum absolute atomic E-state index is 0. The van der Waals surface area contributed by atoms with E-state index in [1.54, 1.807) is 7.11 Å². The second-order valence-corrected chi connectivity index (χ2v) is 7.49. The molecule has 1 unspecified atom stereocenters. The molecule has 1 fully saturated rings. The second-order valence-electron chi connectivity index (χ2n) is 7.49. The fourth-order valence-electron chi connectivity index (χ4n) is 4.09. The van der Waals surface area contributed by atoms with E-state index >= 15 is 0 Å². The Morgan fingerprint density at radius 2 is 2.07 bits per heavy atom. The molecule has 150 valence electrons. The van der Waals surface area contributed by atoms with Gasteiger partial charge in [0.15, 0.2) is 5.96 Å². The van der Waals surface area contributed by atoms with E-state index in [1.807, 2.05) is 12.1 Å². The second kappa shape index (κ2) is 9.49. The maximum absolute atomic E-state index is 6.12. The zero-order valence-corrected chi connectivity index (χ0v) is 18.7. The largest absolute Gasteiger partial charge is 0.497 e. The van der Waals surface area contributed by atoms with Crippen LogP contribution in [0.3, 0.4) is 0 Å². The van der Waals surface area contributed by atoms with Crippen molar-refractivity contribution in [2.45, 2.75) is 25.7 Å². The first-order chi connectivity index (χ1) is 13.2. The van der Waals surface area contributed by atoms with E-state index in [4.69, 9.17) is 10.5 Å². The van der Waals surface area contributed by atoms with Gasteiger partial charge >= 0.3 is 0 Å². The summed E-state index contributed by atoms with van der Waals surface area (Å²) in [6, 6.07) is 14.8. The van der Waals surface area contributed by atoms with Crippen LogP contribution in [0.15, 0.2) is 47.5 Å². The van der Waals surface area contributed by atoms with Crippen LogP contribution >= 0.6 is 24.0 Å². The molecule has 3 N–H and O–H groups in total. The highest BCUT2D eigenvalue weighted by atomic mass is 127. The topological polar surface area (TPSA) is 62.9 Å². The molecule has 2 aromatic rings. The van der Waals surface area contributed by atoms with Crippen LogP contribution < -0.4 is 20.7 Å². The maximum Gasteiger partial charge on any atom is 0.193 e. The van der Waals surface area contributed by atoms with Crippen molar-refractivity contribution < 1.29 is 4.74 Å². The van der Waals surface area contributed by atoms with Crippen molar-refractivity contribution in [2.24, 2.45) is 16.6 Å². The lowest BCUT2D eigenvalue weighted by molar-refractivity contribution is 0.415. The van der Waals surface area contributed by atoms with Crippen molar-refractivity contribution in [3.05, 3.63) is 53.6 Å². The number of ether oxygens (including phenoxy) is 1. The Morgan fingerprint density at radius 1 is 1.21 bits per heavy atom. The van der Waals surface area contributed by atoms with E-state index in [2.05, 4.69) is 45.5 Å². The monoisotopic (exact) mass is 492 g/mol. The summed E-state index contributed by atoms with van der Waals surface area (Å²) in [5.41, 5.74) is 11.3. The molecule has 5 nitrogen and oxygen atoms in total. The molecular formula is C22H29IN4O. The van der Waals surface area contributed by atoms with Gasteiger partial charge in [0.25, 0.3) is 0 Å². The van der Waals surface area contributed by atoms with Gasteiger partial charge in [-0.15, -0.1) is 24.0 Å². The van der Waals surface area contributed by atoms with E-state index in [0.717, 1.165) is 37.5 Å². The Kier molecular flexibility index (Phi) is 7.04. The van der Waals surface area contributed by atoms with Gasteiger partial charge < -0.3 is 20.7 Å². The van der Waals surface area contributed by atoms with Gasteiger partial charge in [0.1, 0.15) is 5.75 Å². The lowest BCUT2D eigenvalue weighted by atomic mass is 10.1. The first kappa shape index (κ1) is 20.8. The smallest absolute Gasteiger partial charge is 0.193 e. The lowest BCUT2D eigenvalue weighted by Crippen LogP contribution is -2.25. The van der Waals surface area contributed by atoms with Crippen LogP contribution in [0, 0.1) is 5.92 Å². The number of nitrogens with two attached hydrogens (primary N) is 1. The molecule has 1 aliphatic heterocycles. The number of hydrogen-bond acceptors (Lipinski definition) is 3. The van der Waals surface area contributed by atoms with Gasteiger partial charge in [0, 0.05) is 37.1 Å². The summed E-state index contributed by atoms with van der Waals surface area (Å²) >= 11 is 0. The fraction of sp³-hybridized carbons (Fsp3) is 0.409. The number of halogens is 1. The zero-order valence-electron chi connectivity index (χ0n) is 16.4. The van der Waals surface area contributed by atoms with Crippen molar-refractivity contribution >= 4 is 41.3 Å². The van der Waals surface area contributed by atoms with Crippen LogP contribution in [-0.2, 0) is 12.8 Å². The highest BCUT2D eigenvalue weighted by molar-refractivity contribution is 14.0. The minimum atomic E-state index is 0. The molecule has 2 aromatic carbocycles. The lowest BCUT2D eigenvalue weighted by Gasteiger charge is -2.19. The predicted molar refractivity (Wildman–Crippen MR) is 127 cm³/mol. The van der Waals surface area contributed by atoms with Gasteiger partial charge in [-0.1, -0.05) is 12.1 Å². The maximum atomic E-state index is 6.12. The number of benzene rings is 2. The number of rotatable bonds is 5. The normalized spacial score (nSPS) is 18.5. The van der Waals surface area contributed by atoms with Crippen LogP contribution in [0.1, 0.15) is 24.0 Å². The summed E-state index contributed by atoms with van der Waals surface area (Å²) in [6.45, 7) is 2.80. The molecule has 6 heteroatoms. The molecule has 0 saturated carbocycles. The Morgan fingerprint density at radius 3 is 2.93 bits per heavy atom. The van der Waals surface area contributed by atoms with E-state index in [1.165, 1.54) is 36.1 Å². The number of hydrogen-bond donors (Lipinski definition) is 2. The van der Waals surface area contributed by atoms with Crippen LogP contribution in [0.5, 0.6) is 5.75 Å². The van der Waals surface area contributed by atoms with Crippen LogP contribution in [-0.4, -0.2) is 32.7 Å². The molecule has 0 aromatic heterocycles. The molecule has 1 saturated heterocycles. The van der Waals surface area contributed by atoms with E-state index < -0.39 is 0 Å². The van der Waals surface area contributed by atoms with Crippen LogP contribution in [0.2, 0.25) is 0 Å². The number of fused-ring (bicyclic) bond motifs is 1. The van der Waals surface area contributed by atoms with Gasteiger partial charge in [-0.05, 0) is 67.0 Å². The molecule has 1 heterocycles. The van der Waals surface area contributed by atoms with E-state index in [-0.39, 0.29) is 24.0 Å². The highest BCUT2D eigenvalue weighted by Gasteiger charge is 2.22. The van der Waals surface area contributed by atoms with Crippen molar-refractivity contribution in [2.75, 3.05) is 37.0 Å². The zero-order chi connectivity index (χ0) is 18.6. The number of guanidine groups is 1. The number of nitrogens with one attached hydrogen (secondary N) is 1. The Bertz CT molecular complexity index is 839. The molecule has 0 radical (unpaired) electrons. The Hall–Kier alpha value is -1.96. The summed E-state index contributed by atoms with van der Waals surface area (Å²) in [4.78, 5) is 6.98. The first-order valence-electron chi connectivity index (χ1n) is 9.79. The number of anilines is 2. The van der Waals surface area contributed by atoms with Crippen LogP contribution in [0.4, 0.5) is 11.4 Å². The molecule has 0 bridgehead atoms. The molecule has 1 atom stereocenters. The molecule has 4 rings (SSSR count). The van der Waals surface area contributed by atoms with E-state index in [9.17, 15) is 0 Å². The van der Waals surface area contributed by atoms with Crippen LogP contribution in [0.25, 0.3) is 0 Å². The van der Waals surface area contributed by atoms with Gasteiger partial charge in [-0.2, -0.15) is 0 Å². The van der Waals surface area contributed by atoms with Gasteiger partial charge in [0.2, 0.25) is 0 Å². The highest BCUT2D eigenvalue weighted by Crippen LogP contribution is 2.27. The standard InChI is InChI=1S/C22H28N4O.HI/c1-27-21-7-3-6-20(13-21)26-11-10-16(15-26)14-24-22(23)25-19-9-8-17-4-2-5-18(17)12-19;/h3,6-9,12-13,16H,2,4-5,10-11,14-15H2,1H3,(H3,23,24,25);1H. The molecule has 28 heavy (non-hydrogen) atoms. The molecule has 1 aliphatic carbocycles. The van der Waals surface area contributed by atoms with Gasteiger partial charge in [-0.3, -0.25) is 4.99 Å². The average molecular weight is 492 g/mol. The third-order valence-electron chi connectivity index (χ3n) is 5.60. The van der Waals surface area contributed by atoms with Crippen molar-refractivity contribution in [3.63, 3.8) is 0 Å². The molecular weight excluding hydrogens is 463 g/mol. The molecule has 2 aliphatic rings. The molecule has 0 amide bonds. The summed E-state index contributed by atoms with van der Waals surface area (Å²) in [5, 5.41) is 3.25. The number of aliphatic imine (C=N–C) groups is 1. The third kappa shape index (κ3) is 4.90. The predicted octanol–water partition coefficient (Wildman–Crippen LogP) is 4.06. The van der Waals surface area contributed by atoms with Gasteiger partial charge in [-0.25, -0.2) is 0 Å². The SMILES string of the molecule is COc1cccc(N2CCC(CN=C(N)Nc3ccc4c(c3)CCC4)C2)c1.I. The van der Waals surface area contributed by atoms with Crippen molar-refractivity contribution in [1.29, 1.82) is 0 Å².